The number of imidazole rings is 1. The number of ether oxygens (including phenoxy) is 1. The van der Waals surface area contributed by atoms with Crippen LogP contribution < -0.4 is 0 Å². The number of hydrogen-bond acceptors (Lipinski definition) is 4. The van der Waals surface area contributed by atoms with Gasteiger partial charge in [-0.2, -0.15) is 0 Å². The molecule has 0 aromatic carbocycles. The van der Waals surface area contributed by atoms with Crippen LogP contribution >= 0.6 is 0 Å². The van der Waals surface area contributed by atoms with Crippen LogP contribution in [0.5, 0.6) is 0 Å². The minimum absolute atomic E-state index is 0.126. The fraction of sp³-hybridized carbons (Fsp3) is 0.833. The number of hydrogen-bond donors (Lipinski definition) is 0. The van der Waals surface area contributed by atoms with Gasteiger partial charge in [0.2, 0.25) is 5.91 Å². The van der Waals surface area contributed by atoms with Crippen molar-refractivity contribution in [3.05, 3.63) is 17.7 Å². The lowest BCUT2D eigenvalue weighted by molar-refractivity contribution is -0.139. The third-order valence-electron chi connectivity index (χ3n) is 7.57. The first-order valence-corrected chi connectivity index (χ1v) is 12.3. The predicted molar refractivity (Wildman–Crippen MR) is 119 cm³/mol. The van der Waals surface area contributed by atoms with Gasteiger partial charge in [0.25, 0.3) is 0 Å². The number of amides is 1. The lowest BCUT2D eigenvalue weighted by atomic mass is 9.88. The Balaban J connectivity index is 1.37. The van der Waals surface area contributed by atoms with Gasteiger partial charge in [-0.05, 0) is 25.7 Å². The van der Waals surface area contributed by atoms with E-state index < -0.39 is 0 Å². The molecular weight excluding hydrogens is 376 g/mol. The van der Waals surface area contributed by atoms with E-state index in [1.54, 1.807) is 7.11 Å². The molecule has 2 aliphatic heterocycles. The Kier molecular flexibility index (Phi) is 7.47. The van der Waals surface area contributed by atoms with Crippen molar-refractivity contribution in [2.45, 2.75) is 83.2 Å². The van der Waals surface area contributed by atoms with Crippen molar-refractivity contribution in [2.75, 3.05) is 39.9 Å². The molecule has 1 saturated heterocycles. The van der Waals surface area contributed by atoms with Gasteiger partial charge in [0.1, 0.15) is 5.82 Å². The minimum atomic E-state index is 0.126. The number of fused-ring (bicyclic) bond motifs is 1. The summed E-state index contributed by atoms with van der Waals surface area (Å²) in [6, 6.07) is 0.467. The van der Waals surface area contributed by atoms with Crippen molar-refractivity contribution in [1.29, 1.82) is 0 Å². The molecule has 1 aliphatic carbocycles. The van der Waals surface area contributed by atoms with E-state index in [1.807, 2.05) is 0 Å². The molecule has 168 valence electrons. The predicted octanol–water partition coefficient (Wildman–Crippen LogP) is 3.45. The van der Waals surface area contributed by atoms with Crippen LogP contribution in [0.2, 0.25) is 0 Å². The molecule has 6 heteroatoms. The fourth-order valence-electron chi connectivity index (χ4n) is 5.85. The van der Waals surface area contributed by atoms with Crippen molar-refractivity contribution in [3.8, 4) is 0 Å². The molecule has 0 bridgehead atoms. The maximum Gasteiger partial charge on any atom is 0.226 e. The van der Waals surface area contributed by atoms with Crippen molar-refractivity contribution in [2.24, 2.45) is 5.92 Å². The molecule has 1 aromatic heterocycles. The average Bonchev–Trinajstić information content (AvgIpc) is 3.22. The largest absolute Gasteiger partial charge is 0.383 e. The topological polar surface area (TPSA) is 50.6 Å². The van der Waals surface area contributed by atoms with Crippen LogP contribution in [-0.2, 0) is 22.5 Å². The smallest absolute Gasteiger partial charge is 0.226 e. The summed E-state index contributed by atoms with van der Waals surface area (Å²) in [7, 11) is 1.77. The van der Waals surface area contributed by atoms with Crippen LogP contribution in [0.4, 0.5) is 0 Å². The van der Waals surface area contributed by atoms with E-state index in [4.69, 9.17) is 9.72 Å². The van der Waals surface area contributed by atoms with Crippen LogP contribution in [0, 0.1) is 5.92 Å². The maximum absolute atomic E-state index is 13.4. The van der Waals surface area contributed by atoms with E-state index in [-0.39, 0.29) is 5.92 Å². The van der Waals surface area contributed by atoms with Gasteiger partial charge in [-0.3, -0.25) is 9.69 Å². The summed E-state index contributed by atoms with van der Waals surface area (Å²) in [5, 5.41) is 0. The van der Waals surface area contributed by atoms with E-state index in [0.717, 1.165) is 65.0 Å². The van der Waals surface area contributed by atoms with Crippen LogP contribution in [0.3, 0.4) is 0 Å². The molecule has 2 atom stereocenters. The van der Waals surface area contributed by atoms with E-state index in [2.05, 4.69) is 27.5 Å². The van der Waals surface area contributed by atoms with Gasteiger partial charge in [0.05, 0.1) is 6.61 Å². The average molecular weight is 417 g/mol. The molecule has 3 aliphatic rings. The quantitative estimate of drug-likeness (QED) is 0.683. The zero-order chi connectivity index (χ0) is 20.9. The van der Waals surface area contributed by atoms with Gasteiger partial charge in [-0.15, -0.1) is 0 Å². The van der Waals surface area contributed by atoms with Crippen LogP contribution in [0.1, 0.15) is 75.7 Å². The Morgan fingerprint density at radius 3 is 2.77 bits per heavy atom. The molecule has 2 fully saturated rings. The number of methoxy groups -OCH3 is 1. The first kappa shape index (κ1) is 21.8. The number of carbonyl (C=O) groups is 1. The molecule has 1 aromatic rings. The molecule has 1 amide bonds. The molecule has 1 saturated carbocycles. The molecule has 0 N–H and O–H groups in total. The SMILES string of the molecule is CCCC1CN(C(=O)C2CCn3c(cnc3C3CCCCC3)C2)CCN1CCOC. The highest BCUT2D eigenvalue weighted by Gasteiger charge is 2.35. The lowest BCUT2D eigenvalue weighted by Gasteiger charge is -2.43. The summed E-state index contributed by atoms with van der Waals surface area (Å²) in [6.07, 6.45) is 12.8. The summed E-state index contributed by atoms with van der Waals surface area (Å²) in [5.74, 6) is 2.43. The summed E-state index contributed by atoms with van der Waals surface area (Å²) in [6.45, 7) is 7.63. The second kappa shape index (κ2) is 10.3. The van der Waals surface area contributed by atoms with Gasteiger partial charge in [-0.1, -0.05) is 32.6 Å². The minimum Gasteiger partial charge on any atom is -0.383 e. The van der Waals surface area contributed by atoms with Crippen LogP contribution in [0.25, 0.3) is 0 Å². The van der Waals surface area contributed by atoms with Gasteiger partial charge in [0, 0.05) is 76.0 Å². The molecule has 30 heavy (non-hydrogen) atoms. The molecule has 0 spiro atoms. The lowest BCUT2D eigenvalue weighted by Crippen LogP contribution is -2.56. The zero-order valence-electron chi connectivity index (χ0n) is 19.0. The third kappa shape index (κ3) is 4.75. The normalized spacial score (nSPS) is 26.0. The van der Waals surface area contributed by atoms with Crippen molar-refractivity contribution >= 4 is 5.91 Å². The number of rotatable bonds is 7. The van der Waals surface area contributed by atoms with Crippen molar-refractivity contribution < 1.29 is 9.53 Å². The number of carbonyl (C=O) groups excluding carboxylic acids is 1. The Morgan fingerprint density at radius 1 is 1.17 bits per heavy atom. The monoisotopic (exact) mass is 416 g/mol. The zero-order valence-corrected chi connectivity index (χ0v) is 19.0. The van der Waals surface area contributed by atoms with E-state index in [1.165, 1.54) is 43.6 Å². The summed E-state index contributed by atoms with van der Waals surface area (Å²) >= 11 is 0. The first-order valence-electron chi connectivity index (χ1n) is 12.3. The summed E-state index contributed by atoms with van der Waals surface area (Å²) < 4.78 is 7.74. The Labute approximate surface area is 182 Å². The summed E-state index contributed by atoms with van der Waals surface area (Å²) in [4.78, 5) is 22.9. The second-order valence-corrected chi connectivity index (χ2v) is 9.54. The fourth-order valence-corrected chi connectivity index (χ4v) is 5.85. The maximum atomic E-state index is 13.4. The number of nitrogens with zero attached hydrogens (tertiary/aromatic N) is 4. The van der Waals surface area contributed by atoms with E-state index in [9.17, 15) is 4.79 Å². The number of piperazine rings is 1. The Morgan fingerprint density at radius 2 is 2.00 bits per heavy atom. The standard InChI is InChI=1S/C24H40N4O2/c1-3-7-21-18-27(13-12-26(21)14-15-30-2)24(29)20-10-11-28-22(16-20)17-25-23(28)19-8-5-4-6-9-19/h17,19-21H,3-16,18H2,1-2H3. The van der Waals surface area contributed by atoms with E-state index in [0.29, 0.717) is 17.9 Å². The Hall–Kier alpha value is -1.40. The number of aromatic nitrogens is 2. The van der Waals surface area contributed by atoms with Crippen LogP contribution in [0.15, 0.2) is 6.20 Å². The highest BCUT2D eigenvalue weighted by Crippen LogP contribution is 2.34. The molecule has 3 heterocycles. The second-order valence-electron chi connectivity index (χ2n) is 9.54. The molecule has 4 rings (SSSR count). The van der Waals surface area contributed by atoms with Crippen LogP contribution in [-0.4, -0.2) is 71.2 Å². The molecule has 6 nitrogen and oxygen atoms in total. The molecule has 0 radical (unpaired) electrons. The highest BCUT2D eigenvalue weighted by atomic mass is 16.5. The molecular formula is C24H40N4O2. The van der Waals surface area contributed by atoms with Gasteiger partial charge in [0.15, 0.2) is 0 Å². The van der Waals surface area contributed by atoms with Gasteiger partial charge >= 0.3 is 0 Å². The first-order chi connectivity index (χ1) is 14.7. The van der Waals surface area contributed by atoms with E-state index >= 15 is 0 Å². The van der Waals surface area contributed by atoms with Crippen molar-refractivity contribution in [1.82, 2.24) is 19.4 Å². The summed E-state index contributed by atoms with van der Waals surface area (Å²) in [5.41, 5.74) is 1.28. The van der Waals surface area contributed by atoms with Gasteiger partial charge < -0.3 is 14.2 Å². The highest BCUT2D eigenvalue weighted by molar-refractivity contribution is 5.79. The van der Waals surface area contributed by atoms with Gasteiger partial charge in [-0.25, -0.2) is 4.98 Å². The Bertz CT molecular complexity index is 697. The molecule has 2 unspecified atom stereocenters. The third-order valence-corrected chi connectivity index (χ3v) is 7.57. The van der Waals surface area contributed by atoms with Crippen molar-refractivity contribution in [3.63, 3.8) is 0 Å².